The lowest BCUT2D eigenvalue weighted by atomic mass is 10.0. The fourth-order valence-corrected chi connectivity index (χ4v) is 2.52. The minimum absolute atomic E-state index is 0.141. The molecule has 2 rings (SSSR count). The van der Waals surface area contributed by atoms with Crippen LogP contribution in [0.3, 0.4) is 0 Å². The number of aliphatic carboxylic acids is 1. The largest absolute Gasteiger partial charge is 0.481 e. The molecule has 0 radical (unpaired) electrons. The summed E-state index contributed by atoms with van der Waals surface area (Å²) < 4.78 is 5.27. The van der Waals surface area contributed by atoms with E-state index in [1.807, 2.05) is 19.2 Å². The van der Waals surface area contributed by atoms with Crippen LogP contribution < -0.4 is 0 Å². The molecule has 0 aliphatic heterocycles. The van der Waals surface area contributed by atoms with Gasteiger partial charge in [-0.25, -0.2) is 0 Å². The van der Waals surface area contributed by atoms with Crippen LogP contribution in [-0.2, 0) is 11.3 Å². The van der Waals surface area contributed by atoms with Gasteiger partial charge in [-0.15, -0.1) is 0 Å². The number of carboxylic acid groups (broad SMARTS) is 1. The molecule has 1 aromatic heterocycles. The second-order valence-corrected chi connectivity index (χ2v) is 4.44. The van der Waals surface area contributed by atoms with Gasteiger partial charge >= 0.3 is 5.97 Å². The van der Waals surface area contributed by atoms with Crippen LogP contribution in [0.5, 0.6) is 0 Å². The number of hydrogen-bond donors (Lipinski definition) is 1. The van der Waals surface area contributed by atoms with Gasteiger partial charge in [-0.05, 0) is 32.0 Å². The van der Waals surface area contributed by atoms with E-state index in [1.165, 1.54) is 0 Å². The molecule has 4 heteroatoms. The van der Waals surface area contributed by atoms with E-state index in [2.05, 4.69) is 4.90 Å². The summed E-state index contributed by atoms with van der Waals surface area (Å²) in [5.74, 6) is -0.00713. The normalized spacial score (nSPS) is 25.1. The van der Waals surface area contributed by atoms with Gasteiger partial charge < -0.3 is 9.52 Å². The van der Waals surface area contributed by atoms with Crippen molar-refractivity contribution in [3.8, 4) is 0 Å². The van der Waals surface area contributed by atoms with Crippen LogP contribution in [0.25, 0.3) is 0 Å². The highest BCUT2D eigenvalue weighted by molar-refractivity contribution is 5.71. The Hall–Kier alpha value is -1.29. The molecule has 0 aromatic carbocycles. The van der Waals surface area contributed by atoms with E-state index in [1.54, 1.807) is 6.26 Å². The molecular formula is C12H17NO3. The predicted octanol–water partition coefficient (Wildman–Crippen LogP) is 1.96. The summed E-state index contributed by atoms with van der Waals surface area (Å²) in [6, 6.07) is 3.91. The third kappa shape index (κ3) is 2.27. The van der Waals surface area contributed by atoms with Crippen LogP contribution >= 0.6 is 0 Å². The van der Waals surface area contributed by atoms with Crippen LogP contribution in [0, 0.1) is 5.92 Å². The molecule has 0 spiro atoms. The third-order valence-electron chi connectivity index (χ3n) is 3.35. The van der Waals surface area contributed by atoms with Crippen LogP contribution in [0.2, 0.25) is 0 Å². The van der Waals surface area contributed by atoms with E-state index < -0.39 is 5.97 Å². The quantitative estimate of drug-likeness (QED) is 0.847. The lowest BCUT2D eigenvalue weighted by Gasteiger charge is -2.26. The molecular weight excluding hydrogens is 206 g/mol. The van der Waals surface area contributed by atoms with E-state index in [0.29, 0.717) is 6.54 Å². The van der Waals surface area contributed by atoms with E-state index in [4.69, 9.17) is 9.52 Å². The molecule has 1 aliphatic rings. The molecule has 1 saturated carbocycles. The summed E-state index contributed by atoms with van der Waals surface area (Å²) in [5, 5.41) is 9.11. The molecule has 4 nitrogen and oxygen atoms in total. The molecule has 0 saturated heterocycles. The van der Waals surface area contributed by atoms with E-state index in [9.17, 15) is 4.79 Å². The second-order valence-electron chi connectivity index (χ2n) is 4.44. The highest BCUT2D eigenvalue weighted by atomic mass is 16.4. The van der Waals surface area contributed by atoms with Crippen molar-refractivity contribution in [1.29, 1.82) is 0 Å². The molecule has 1 N–H and O–H groups in total. The number of rotatable bonds is 4. The Labute approximate surface area is 94.9 Å². The summed E-state index contributed by atoms with van der Waals surface area (Å²) in [6.07, 6.45) is 4.41. The zero-order chi connectivity index (χ0) is 11.5. The van der Waals surface area contributed by atoms with Crippen LogP contribution in [0.15, 0.2) is 22.8 Å². The number of nitrogens with zero attached hydrogens (tertiary/aromatic N) is 1. The van der Waals surface area contributed by atoms with Gasteiger partial charge in [-0.1, -0.05) is 6.42 Å². The van der Waals surface area contributed by atoms with Crippen LogP contribution in [0.4, 0.5) is 0 Å². The summed E-state index contributed by atoms with van der Waals surface area (Å²) in [5.41, 5.74) is 0. The molecule has 1 aliphatic carbocycles. The summed E-state index contributed by atoms with van der Waals surface area (Å²) in [7, 11) is 1.97. The maximum atomic E-state index is 11.1. The zero-order valence-corrected chi connectivity index (χ0v) is 9.43. The minimum Gasteiger partial charge on any atom is -0.481 e. The first kappa shape index (κ1) is 11.2. The van der Waals surface area contributed by atoms with Crippen molar-refractivity contribution in [2.24, 2.45) is 5.92 Å². The van der Waals surface area contributed by atoms with E-state index >= 15 is 0 Å². The smallest absolute Gasteiger partial charge is 0.308 e. The van der Waals surface area contributed by atoms with Crippen molar-refractivity contribution in [2.45, 2.75) is 31.8 Å². The highest BCUT2D eigenvalue weighted by Crippen LogP contribution is 2.30. The SMILES string of the molecule is CN(Cc1ccco1)C1CCCC1C(=O)O. The first-order valence-corrected chi connectivity index (χ1v) is 5.64. The number of hydrogen-bond acceptors (Lipinski definition) is 3. The van der Waals surface area contributed by atoms with Gasteiger partial charge in [0.2, 0.25) is 0 Å². The molecule has 1 aromatic rings. The predicted molar refractivity (Wildman–Crippen MR) is 58.9 cm³/mol. The Morgan fingerprint density at radius 2 is 2.44 bits per heavy atom. The van der Waals surface area contributed by atoms with Crippen molar-refractivity contribution in [3.63, 3.8) is 0 Å². The Kier molecular flexibility index (Phi) is 3.29. The second kappa shape index (κ2) is 4.70. The molecule has 2 atom stereocenters. The van der Waals surface area contributed by atoms with Gasteiger partial charge in [0.1, 0.15) is 5.76 Å². The standard InChI is InChI=1S/C12H17NO3/c1-13(8-9-4-3-7-16-9)11-6-2-5-10(11)12(14)15/h3-4,7,10-11H,2,5-6,8H2,1H3,(H,14,15). The van der Waals surface area contributed by atoms with Gasteiger partial charge in [0.25, 0.3) is 0 Å². The van der Waals surface area contributed by atoms with Gasteiger partial charge in [-0.2, -0.15) is 0 Å². The summed E-state index contributed by atoms with van der Waals surface area (Å²) >= 11 is 0. The monoisotopic (exact) mass is 223 g/mol. The maximum Gasteiger partial charge on any atom is 0.308 e. The molecule has 88 valence electrons. The number of furan rings is 1. The summed E-state index contributed by atoms with van der Waals surface area (Å²) in [4.78, 5) is 13.2. The van der Waals surface area contributed by atoms with Crippen molar-refractivity contribution in [3.05, 3.63) is 24.2 Å². The summed E-state index contributed by atoms with van der Waals surface area (Å²) in [6.45, 7) is 0.682. The average molecular weight is 223 g/mol. The maximum absolute atomic E-state index is 11.1. The molecule has 2 unspecified atom stereocenters. The molecule has 0 bridgehead atoms. The topological polar surface area (TPSA) is 53.7 Å². The van der Waals surface area contributed by atoms with Gasteiger partial charge in [0, 0.05) is 6.04 Å². The lowest BCUT2D eigenvalue weighted by Crippen LogP contribution is -2.37. The van der Waals surface area contributed by atoms with Gasteiger partial charge in [0.05, 0.1) is 18.7 Å². The van der Waals surface area contributed by atoms with E-state index in [-0.39, 0.29) is 12.0 Å². The highest BCUT2D eigenvalue weighted by Gasteiger charge is 2.35. The first-order valence-electron chi connectivity index (χ1n) is 5.64. The zero-order valence-electron chi connectivity index (χ0n) is 9.43. The van der Waals surface area contributed by atoms with Gasteiger partial charge in [0.15, 0.2) is 0 Å². The van der Waals surface area contributed by atoms with Crippen LogP contribution in [-0.4, -0.2) is 29.1 Å². The third-order valence-corrected chi connectivity index (χ3v) is 3.35. The van der Waals surface area contributed by atoms with Crippen molar-refractivity contribution < 1.29 is 14.3 Å². The fourth-order valence-electron chi connectivity index (χ4n) is 2.52. The van der Waals surface area contributed by atoms with Gasteiger partial charge in [-0.3, -0.25) is 9.69 Å². The molecule has 16 heavy (non-hydrogen) atoms. The molecule has 1 heterocycles. The van der Waals surface area contributed by atoms with E-state index in [0.717, 1.165) is 25.0 Å². The Morgan fingerprint density at radius 3 is 3.06 bits per heavy atom. The Balaban J connectivity index is 1.98. The molecule has 0 amide bonds. The lowest BCUT2D eigenvalue weighted by molar-refractivity contribution is -0.143. The minimum atomic E-state index is -0.672. The Morgan fingerprint density at radius 1 is 1.62 bits per heavy atom. The van der Waals surface area contributed by atoms with Crippen LogP contribution in [0.1, 0.15) is 25.0 Å². The average Bonchev–Trinajstić information content (AvgIpc) is 2.86. The molecule has 1 fully saturated rings. The number of carboxylic acids is 1. The van der Waals surface area contributed by atoms with Crippen molar-refractivity contribution in [1.82, 2.24) is 4.90 Å². The fraction of sp³-hybridized carbons (Fsp3) is 0.583. The Bertz CT molecular complexity index is 347. The first-order chi connectivity index (χ1) is 7.68. The van der Waals surface area contributed by atoms with Crippen molar-refractivity contribution >= 4 is 5.97 Å². The number of carbonyl (C=O) groups is 1. The van der Waals surface area contributed by atoms with Crippen molar-refractivity contribution in [2.75, 3.05) is 7.05 Å².